The average molecular weight is 385 g/mol. The third kappa shape index (κ3) is 5.01. The topological polar surface area (TPSA) is 58.2 Å². The maximum atomic E-state index is 5.94. The summed E-state index contributed by atoms with van der Waals surface area (Å²) in [4.78, 5) is 0. The maximum Gasteiger partial charge on any atom is 0.164 e. The molecule has 0 radical (unpaired) electrons. The Labute approximate surface area is 165 Å². The highest BCUT2D eigenvalue weighted by atomic mass is 16.6. The van der Waals surface area contributed by atoms with E-state index in [0.29, 0.717) is 26.4 Å². The largest absolute Gasteiger partial charge is 0.493 e. The van der Waals surface area contributed by atoms with E-state index < -0.39 is 0 Å². The molecule has 2 aromatic carbocycles. The van der Waals surface area contributed by atoms with Gasteiger partial charge in [0.15, 0.2) is 23.0 Å². The molecule has 0 spiro atoms. The molecule has 0 amide bonds. The van der Waals surface area contributed by atoms with Gasteiger partial charge in [0.1, 0.15) is 18.5 Å². The summed E-state index contributed by atoms with van der Waals surface area (Å²) in [6, 6.07) is 13.6. The van der Waals surface area contributed by atoms with Gasteiger partial charge < -0.3 is 29.0 Å². The second kappa shape index (κ2) is 9.55. The summed E-state index contributed by atoms with van der Waals surface area (Å²) in [5.74, 6) is 4.04. The number of nitrogens with one attached hydrogen (secondary N) is 1. The van der Waals surface area contributed by atoms with Crippen molar-refractivity contribution in [3.8, 4) is 28.7 Å². The highest BCUT2D eigenvalue weighted by Crippen LogP contribution is 2.33. The second-order valence-corrected chi connectivity index (χ2v) is 6.92. The number of hydrogen-bond acceptors (Lipinski definition) is 6. The number of fused-ring (bicyclic) bond motifs is 2. The Morgan fingerprint density at radius 1 is 0.893 bits per heavy atom. The van der Waals surface area contributed by atoms with Gasteiger partial charge in [-0.25, -0.2) is 0 Å². The van der Waals surface area contributed by atoms with E-state index in [0.717, 1.165) is 61.1 Å². The first-order chi connectivity index (χ1) is 13.9. The summed E-state index contributed by atoms with van der Waals surface area (Å²) < 4.78 is 28.8. The van der Waals surface area contributed by atoms with Crippen LogP contribution in [0.1, 0.15) is 19.3 Å². The third-order valence-electron chi connectivity index (χ3n) is 4.68. The molecule has 0 unspecified atom stereocenters. The molecule has 0 fully saturated rings. The van der Waals surface area contributed by atoms with E-state index in [-0.39, 0.29) is 6.10 Å². The van der Waals surface area contributed by atoms with E-state index in [1.807, 2.05) is 42.5 Å². The molecule has 6 heteroatoms. The Morgan fingerprint density at radius 2 is 1.71 bits per heavy atom. The quantitative estimate of drug-likeness (QED) is 0.703. The van der Waals surface area contributed by atoms with Crippen molar-refractivity contribution in [2.75, 3.05) is 39.5 Å². The van der Waals surface area contributed by atoms with Gasteiger partial charge in [-0.1, -0.05) is 12.1 Å². The lowest BCUT2D eigenvalue weighted by Crippen LogP contribution is -2.38. The van der Waals surface area contributed by atoms with Gasteiger partial charge in [0.25, 0.3) is 0 Å². The van der Waals surface area contributed by atoms with Crippen LogP contribution in [0.25, 0.3) is 0 Å². The molecule has 6 nitrogen and oxygen atoms in total. The van der Waals surface area contributed by atoms with E-state index in [9.17, 15) is 0 Å². The van der Waals surface area contributed by atoms with Crippen LogP contribution in [0.5, 0.6) is 28.7 Å². The van der Waals surface area contributed by atoms with Crippen molar-refractivity contribution in [1.29, 1.82) is 0 Å². The highest BCUT2D eigenvalue weighted by molar-refractivity contribution is 5.46. The zero-order valence-electron chi connectivity index (χ0n) is 16.0. The van der Waals surface area contributed by atoms with Gasteiger partial charge in [-0.15, -0.1) is 0 Å². The van der Waals surface area contributed by atoms with E-state index in [4.69, 9.17) is 23.7 Å². The zero-order valence-corrected chi connectivity index (χ0v) is 16.0. The second-order valence-electron chi connectivity index (χ2n) is 6.92. The molecule has 150 valence electrons. The van der Waals surface area contributed by atoms with Crippen molar-refractivity contribution in [1.82, 2.24) is 5.32 Å². The van der Waals surface area contributed by atoms with Crippen molar-refractivity contribution in [2.45, 2.75) is 25.4 Å². The molecule has 2 aromatic rings. The van der Waals surface area contributed by atoms with Crippen LogP contribution in [0, 0.1) is 0 Å². The number of para-hydroxylation sites is 2. The normalized spacial score (nSPS) is 17.6. The summed E-state index contributed by atoms with van der Waals surface area (Å²) in [6.45, 7) is 4.34. The fourth-order valence-corrected chi connectivity index (χ4v) is 3.20. The van der Waals surface area contributed by atoms with E-state index in [2.05, 4.69) is 5.32 Å². The van der Waals surface area contributed by atoms with Crippen LogP contribution >= 0.6 is 0 Å². The number of benzene rings is 2. The van der Waals surface area contributed by atoms with Gasteiger partial charge in [0.05, 0.1) is 19.8 Å². The van der Waals surface area contributed by atoms with Crippen LogP contribution in [0.2, 0.25) is 0 Å². The Kier molecular flexibility index (Phi) is 6.40. The Morgan fingerprint density at radius 3 is 2.64 bits per heavy atom. The minimum absolute atomic E-state index is 0.0490. The fourth-order valence-electron chi connectivity index (χ4n) is 3.20. The van der Waals surface area contributed by atoms with Crippen molar-refractivity contribution in [3.63, 3.8) is 0 Å². The minimum Gasteiger partial charge on any atom is -0.493 e. The SMILES string of the molecule is c1ccc2c(c1)OC[C@H](CNCCCCOc1ccc3c(c1)OCCCO3)O2. The summed E-state index contributed by atoms with van der Waals surface area (Å²) in [5, 5.41) is 3.44. The molecule has 0 aromatic heterocycles. The summed E-state index contributed by atoms with van der Waals surface area (Å²) in [7, 11) is 0. The molecule has 2 aliphatic rings. The minimum atomic E-state index is 0.0490. The van der Waals surface area contributed by atoms with Crippen LogP contribution in [0.3, 0.4) is 0 Å². The van der Waals surface area contributed by atoms with E-state index in [1.54, 1.807) is 0 Å². The Balaban J connectivity index is 1.10. The molecule has 0 saturated carbocycles. The van der Waals surface area contributed by atoms with E-state index in [1.165, 1.54) is 0 Å². The molecular formula is C22H27NO5. The monoisotopic (exact) mass is 385 g/mol. The summed E-state index contributed by atoms with van der Waals surface area (Å²) in [6.07, 6.45) is 2.97. The lowest BCUT2D eigenvalue weighted by atomic mass is 10.2. The Hall–Kier alpha value is -2.60. The number of rotatable bonds is 8. The van der Waals surface area contributed by atoms with Gasteiger partial charge in [-0.05, 0) is 43.7 Å². The summed E-state index contributed by atoms with van der Waals surface area (Å²) >= 11 is 0. The van der Waals surface area contributed by atoms with Crippen LogP contribution in [-0.4, -0.2) is 45.6 Å². The molecule has 4 rings (SSSR count). The van der Waals surface area contributed by atoms with Crippen molar-refractivity contribution >= 4 is 0 Å². The summed E-state index contributed by atoms with van der Waals surface area (Å²) in [5.41, 5.74) is 0. The first-order valence-corrected chi connectivity index (χ1v) is 10.0. The molecule has 0 bridgehead atoms. The third-order valence-corrected chi connectivity index (χ3v) is 4.68. The average Bonchev–Trinajstić information content (AvgIpc) is 2.98. The Bertz CT molecular complexity index is 766. The smallest absolute Gasteiger partial charge is 0.164 e. The molecule has 0 aliphatic carbocycles. The molecule has 28 heavy (non-hydrogen) atoms. The van der Waals surface area contributed by atoms with Crippen molar-refractivity contribution in [2.24, 2.45) is 0 Å². The maximum absolute atomic E-state index is 5.94. The predicted molar refractivity (Wildman–Crippen MR) is 106 cm³/mol. The molecule has 1 atom stereocenters. The fraction of sp³-hybridized carbons (Fsp3) is 0.455. The molecule has 1 N–H and O–H groups in total. The number of hydrogen-bond donors (Lipinski definition) is 1. The van der Waals surface area contributed by atoms with Gasteiger partial charge in [0.2, 0.25) is 0 Å². The van der Waals surface area contributed by atoms with Gasteiger partial charge in [0, 0.05) is 19.0 Å². The number of ether oxygens (including phenoxy) is 5. The highest BCUT2D eigenvalue weighted by Gasteiger charge is 2.19. The van der Waals surface area contributed by atoms with Crippen LogP contribution in [0.4, 0.5) is 0 Å². The van der Waals surface area contributed by atoms with Crippen LogP contribution in [-0.2, 0) is 0 Å². The van der Waals surface area contributed by atoms with Crippen LogP contribution in [0.15, 0.2) is 42.5 Å². The molecule has 0 saturated heterocycles. The molecular weight excluding hydrogens is 358 g/mol. The number of unbranched alkanes of at least 4 members (excludes halogenated alkanes) is 1. The molecule has 2 heterocycles. The molecule has 2 aliphatic heterocycles. The van der Waals surface area contributed by atoms with Crippen molar-refractivity contribution < 1.29 is 23.7 Å². The van der Waals surface area contributed by atoms with Gasteiger partial charge in [-0.3, -0.25) is 0 Å². The van der Waals surface area contributed by atoms with E-state index >= 15 is 0 Å². The first kappa shape index (κ1) is 18.7. The van der Waals surface area contributed by atoms with Crippen LogP contribution < -0.4 is 29.0 Å². The lowest BCUT2D eigenvalue weighted by molar-refractivity contribution is 0.0904. The first-order valence-electron chi connectivity index (χ1n) is 10.0. The van der Waals surface area contributed by atoms with Crippen molar-refractivity contribution in [3.05, 3.63) is 42.5 Å². The predicted octanol–water partition coefficient (Wildman–Crippen LogP) is 3.44. The standard InChI is InChI=1S/C22H27NO5/c1-2-7-21-19(6-1)27-16-18(28-21)15-23-10-3-4-11-24-17-8-9-20-22(14-17)26-13-5-12-25-20/h1-2,6-9,14,18,23H,3-5,10-13,15-16H2/t18-/m0/s1. The lowest BCUT2D eigenvalue weighted by Gasteiger charge is -2.26. The zero-order chi connectivity index (χ0) is 19.0. The van der Waals surface area contributed by atoms with Gasteiger partial charge >= 0.3 is 0 Å². The van der Waals surface area contributed by atoms with Gasteiger partial charge in [-0.2, -0.15) is 0 Å².